The van der Waals surface area contributed by atoms with Crippen molar-refractivity contribution in [2.24, 2.45) is 16.7 Å². The molecule has 0 saturated heterocycles. The van der Waals surface area contributed by atoms with Crippen LogP contribution in [0.15, 0.2) is 41.5 Å². The van der Waals surface area contributed by atoms with Gasteiger partial charge in [0.25, 0.3) is 0 Å². The van der Waals surface area contributed by atoms with Crippen LogP contribution in [-0.4, -0.2) is 97.1 Å². The average Bonchev–Trinajstić information content (AvgIpc) is 3.17. The van der Waals surface area contributed by atoms with Crippen LogP contribution in [-0.2, 0) is 23.8 Å². The minimum atomic E-state index is -2.29. The van der Waals surface area contributed by atoms with Crippen molar-refractivity contribution in [3.05, 3.63) is 47.0 Å². The maximum atomic E-state index is 13.4. The largest absolute Gasteiger partial charge is 0.461 e. The number of benzene rings is 1. The summed E-state index contributed by atoms with van der Waals surface area (Å²) in [5, 5.41) is 59.0. The van der Waals surface area contributed by atoms with Gasteiger partial charge in [-0.05, 0) is 50.5 Å². The quantitative estimate of drug-likeness (QED) is 0.134. The minimum absolute atomic E-state index is 0.0557. The molecule has 43 heavy (non-hydrogen) atoms. The van der Waals surface area contributed by atoms with E-state index in [-0.39, 0.29) is 29.6 Å². The molecule has 2 saturated carbocycles. The van der Waals surface area contributed by atoms with Gasteiger partial charge in [-0.3, -0.25) is 9.59 Å². The Labute approximate surface area is 255 Å². The average molecular weight is 625 g/mol. The zero-order valence-corrected chi connectivity index (χ0v) is 25.9. The van der Waals surface area contributed by atoms with Gasteiger partial charge in [-0.2, -0.15) is 0 Å². The van der Waals surface area contributed by atoms with Gasteiger partial charge in [0.05, 0.1) is 40.1 Å². The lowest BCUT2D eigenvalue weighted by Crippen LogP contribution is -2.73. The van der Waals surface area contributed by atoms with Gasteiger partial charge < -0.3 is 39.7 Å². The van der Waals surface area contributed by atoms with Crippen molar-refractivity contribution < 1.29 is 54.1 Å². The highest BCUT2D eigenvalue weighted by molar-refractivity contribution is 6.18. The Morgan fingerprint density at radius 2 is 1.56 bits per heavy atom. The summed E-state index contributed by atoms with van der Waals surface area (Å²) in [6.45, 7) is 8.10. The van der Waals surface area contributed by atoms with Crippen LogP contribution >= 0.6 is 11.6 Å². The number of rotatable bonds is 6. The molecule has 0 aliphatic heterocycles. The first-order valence-electron chi connectivity index (χ1n) is 14.2. The molecule has 0 bridgehead atoms. The molecule has 0 heterocycles. The van der Waals surface area contributed by atoms with Gasteiger partial charge in [-0.15, -0.1) is 11.6 Å². The predicted octanol–water partition coefficient (Wildman–Crippen LogP) is 1.65. The van der Waals surface area contributed by atoms with E-state index >= 15 is 0 Å². The summed E-state index contributed by atoms with van der Waals surface area (Å²) in [5.41, 5.74) is -7.23. The molecule has 0 spiro atoms. The SMILES string of the molecule is CC(=O)OC1C(O)C2=C(C)C(O)CC2(C(C)(C)O)C(OC(C)=O)C2C(O)(CCl)C(O)CC(OC(=O)c3ccccc3)C12C. The molecule has 1 aromatic carbocycles. The van der Waals surface area contributed by atoms with Crippen LogP contribution in [0.5, 0.6) is 0 Å². The summed E-state index contributed by atoms with van der Waals surface area (Å²) in [6.07, 6.45) is -9.79. The van der Waals surface area contributed by atoms with E-state index in [9.17, 15) is 39.9 Å². The van der Waals surface area contributed by atoms with Crippen molar-refractivity contribution in [3.63, 3.8) is 0 Å². The van der Waals surface area contributed by atoms with Gasteiger partial charge in [0, 0.05) is 26.2 Å². The number of hydrogen-bond donors (Lipinski definition) is 5. The second-order valence-electron chi connectivity index (χ2n) is 12.8. The fraction of sp³-hybridized carbons (Fsp3) is 0.645. The fourth-order valence-corrected chi connectivity index (χ4v) is 8.31. The second-order valence-corrected chi connectivity index (χ2v) is 13.1. The summed E-state index contributed by atoms with van der Waals surface area (Å²) < 4.78 is 17.8. The van der Waals surface area contributed by atoms with Gasteiger partial charge in [0.2, 0.25) is 0 Å². The third-order valence-electron chi connectivity index (χ3n) is 9.97. The van der Waals surface area contributed by atoms with Gasteiger partial charge in [0.1, 0.15) is 30.0 Å². The molecular weight excluding hydrogens is 584 g/mol. The van der Waals surface area contributed by atoms with E-state index in [0.29, 0.717) is 0 Å². The van der Waals surface area contributed by atoms with Gasteiger partial charge in [-0.25, -0.2) is 4.79 Å². The number of alkyl halides is 1. The summed E-state index contributed by atoms with van der Waals surface area (Å²) in [7, 11) is 0. The van der Waals surface area contributed by atoms with Gasteiger partial charge in [0.15, 0.2) is 0 Å². The topological polar surface area (TPSA) is 180 Å². The molecule has 1 aromatic rings. The van der Waals surface area contributed by atoms with Gasteiger partial charge in [-0.1, -0.05) is 25.1 Å². The molecule has 11 nitrogen and oxygen atoms in total. The van der Waals surface area contributed by atoms with Crippen LogP contribution in [0.25, 0.3) is 0 Å². The third kappa shape index (κ3) is 5.07. The van der Waals surface area contributed by atoms with Crippen LogP contribution < -0.4 is 0 Å². The first-order chi connectivity index (χ1) is 19.9. The van der Waals surface area contributed by atoms with E-state index in [4.69, 9.17) is 25.8 Å². The standard InChI is InChI=1S/C31H41ClO11/c1-15-19(35)13-30(28(4,5)39)22(15)23(37)25(41-16(2)33)29(6)21(43-27(38)18-10-8-7-9-11-18)12-20(36)31(40,14-32)24(29)26(30)42-17(3)34/h7-11,19-21,23-26,35-37,39-40H,12-14H2,1-6H3. The lowest BCUT2D eigenvalue weighted by Gasteiger charge is -2.60. The molecule has 10 unspecified atom stereocenters. The Bertz CT molecular complexity index is 1290. The van der Waals surface area contributed by atoms with Crippen LogP contribution in [0.1, 0.15) is 64.7 Å². The number of aliphatic hydroxyl groups is 5. The van der Waals surface area contributed by atoms with Crippen molar-refractivity contribution in [2.75, 3.05) is 5.88 Å². The van der Waals surface area contributed by atoms with Gasteiger partial charge >= 0.3 is 17.9 Å². The summed E-state index contributed by atoms with van der Waals surface area (Å²) >= 11 is 6.40. The molecule has 12 heteroatoms. The molecule has 4 rings (SSSR count). The lowest BCUT2D eigenvalue weighted by atomic mass is 9.51. The molecule has 3 aliphatic rings. The highest BCUT2D eigenvalue weighted by Gasteiger charge is 2.76. The number of aliphatic hydroxyl groups excluding tert-OH is 3. The van der Waals surface area contributed by atoms with E-state index in [1.807, 2.05) is 0 Å². The fourth-order valence-electron chi connectivity index (χ4n) is 7.96. The van der Waals surface area contributed by atoms with Crippen LogP contribution in [0.3, 0.4) is 0 Å². The molecule has 5 N–H and O–H groups in total. The zero-order valence-electron chi connectivity index (χ0n) is 25.1. The predicted molar refractivity (Wildman–Crippen MR) is 153 cm³/mol. The highest BCUT2D eigenvalue weighted by Crippen LogP contribution is 2.66. The Balaban J connectivity index is 2.11. The van der Waals surface area contributed by atoms with Crippen molar-refractivity contribution >= 4 is 29.5 Å². The van der Waals surface area contributed by atoms with Crippen molar-refractivity contribution in [3.8, 4) is 0 Å². The monoisotopic (exact) mass is 624 g/mol. The molecular formula is C31H41ClO11. The van der Waals surface area contributed by atoms with Crippen LogP contribution in [0.4, 0.5) is 0 Å². The first-order valence-corrected chi connectivity index (χ1v) is 14.8. The number of hydrogen-bond acceptors (Lipinski definition) is 11. The number of ether oxygens (including phenoxy) is 3. The Morgan fingerprint density at radius 3 is 2.07 bits per heavy atom. The van der Waals surface area contributed by atoms with Crippen LogP contribution in [0.2, 0.25) is 0 Å². The number of carbonyl (C=O) groups is 3. The molecule has 2 fully saturated rings. The summed E-state index contributed by atoms with van der Waals surface area (Å²) in [5.74, 6) is -4.59. The Morgan fingerprint density at radius 1 is 1.00 bits per heavy atom. The number of halogens is 1. The van der Waals surface area contributed by atoms with E-state index in [0.717, 1.165) is 13.8 Å². The Hall–Kier alpha value is -2.54. The van der Waals surface area contributed by atoms with E-state index in [1.54, 1.807) is 25.1 Å². The first kappa shape index (κ1) is 33.4. The molecule has 10 atom stereocenters. The van der Waals surface area contributed by atoms with E-state index in [1.165, 1.54) is 32.9 Å². The molecule has 238 valence electrons. The second kappa shape index (κ2) is 11.4. The van der Waals surface area contributed by atoms with Crippen LogP contribution in [0, 0.1) is 16.7 Å². The molecule has 3 aliphatic carbocycles. The molecule has 0 radical (unpaired) electrons. The number of esters is 3. The maximum absolute atomic E-state index is 13.4. The van der Waals surface area contributed by atoms with E-state index < -0.39 is 88.4 Å². The van der Waals surface area contributed by atoms with Crippen molar-refractivity contribution in [1.82, 2.24) is 0 Å². The lowest BCUT2D eigenvalue weighted by molar-refractivity contribution is -0.275. The normalized spacial score (nSPS) is 39.3. The molecule has 0 amide bonds. The Kier molecular flexibility index (Phi) is 8.87. The number of carbonyl (C=O) groups excluding carboxylic acids is 3. The zero-order chi connectivity index (χ0) is 32.3. The van der Waals surface area contributed by atoms with Crippen molar-refractivity contribution in [2.45, 2.75) is 102 Å². The summed E-state index contributed by atoms with van der Waals surface area (Å²) in [6, 6.07) is 8.01. The summed E-state index contributed by atoms with van der Waals surface area (Å²) in [4.78, 5) is 38.8. The smallest absolute Gasteiger partial charge is 0.338 e. The maximum Gasteiger partial charge on any atom is 0.338 e. The number of fused-ring (bicyclic) bond motifs is 2. The minimum Gasteiger partial charge on any atom is -0.461 e. The van der Waals surface area contributed by atoms with Crippen molar-refractivity contribution in [1.29, 1.82) is 0 Å². The highest BCUT2D eigenvalue weighted by atomic mass is 35.5. The van der Waals surface area contributed by atoms with E-state index in [2.05, 4.69) is 0 Å². The molecule has 0 aromatic heterocycles. The third-order valence-corrected chi connectivity index (χ3v) is 10.4.